The molecule has 1 aliphatic carbocycles. The van der Waals surface area contributed by atoms with Crippen LogP contribution in [0.1, 0.15) is 24.5 Å². The van der Waals surface area contributed by atoms with Crippen molar-refractivity contribution in [1.82, 2.24) is 18.8 Å². The van der Waals surface area contributed by atoms with Crippen LogP contribution in [0.4, 0.5) is 0 Å². The Morgan fingerprint density at radius 3 is 2.62 bits per heavy atom. The quantitative estimate of drug-likeness (QED) is 0.718. The maximum Gasteiger partial charge on any atom is 0.227 e. The lowest BCUT2D eigenvalue weighted by Gasteiger charge is -2.30. The number of imidazole rings is 1. The van der Waals surface area contributed by atoms with Crippen molar-refractivity contribution in [2.24, 2.45) is 18.9 Å². The predicted molar refractivity (Wildman–Crippen MR) is 94.9 cm³/mol. The number of hydrogen-bond acceptors (Lipinski definition) is 5. The molecule has 0 spiro atoms. The van der Waals surface area contributed by atoms with Gasteiger partial charge in [-0.25, -0.2) is 17.7 Å². The number of morpholine rings is 1. The van der Waals surface area contributed by atoms with Crippen molar-refractivity contribution < 1.29 is 17.9 Å². The predicted octanol–water partition coefficient (Wildman–Crippen LogP) is 0.0341. The van der Waals surface area contributed by atoms with Crippen LogP contribution >= 0.6 is 0 Å². The summed E-state index contributed by atoms with van der Waals surface area (Å²) in [7, 11) is -1.44. The van der Waals surface area contributed by atoms with E-state index in [1.54, 1.807) is 11.2 Å². The highest BCUT2D eigenvalue weighted by atomic mass is 32.2. The third-order valence-electron chi connectivity index (χ3n) is 5.57. The minimum atomic E-state index is -3.32. The van der Waals surface area contributed by atoms with E-state index in [0.717, 1.165) is 18.5 Å². The Morgan fingerprint density at radius 1 is 1.27 bits per heavy atom. The molecule has 3 fully saturated rings. The van der Waals surface area contributed by atoms with Gasteiger partial charge < -0.3 is 14.2 Å². The SMILES string of the molecule is Cn1cnc([C@@H]2CN(S(=O)(=O)CC3CC3)C[C@H]2C(=O)N2CCOCC2)c1. The molecule has 0 radical (unpaired) electrons. The Bertz CT molecular complexity index is 767. The van der Waals surface area contributed by atoms with Crippen LogP contribution in [0.3, 0.4) is 0 Å². The first-order valence-corrected chi connectivity index (χ1v) is 10.9. The maximum absolute atomic E-state index is 13.1. The molecule has 26 heavy (non-hydrogen) atoms. The molecule has 3 heterocycles. The monoisotopic (exact) mass is 382 g/mol. The second kappa shape index (κ2) is 6.94. The molecule has 8 nitrogen and oxygen atoms in total. The molecular formula is C17H26N4O4S. The topological polar surface area (TPSA) is 84.7 Å². The van der Waals surface area contributed by atoms with Gasteiger partial charge in [-0.1, -0.05) is 0 Å². The standard InChI is InChI=1S/C17H26N4O4S/c1-19-10-16(18-12-19)14-8-21(26(23,24)11-13-2-3-13)9-15(14)17(22)20-4-6-25-7-5-20/h10,12-15H,2-9,11H2,1H3/t14-,15-/m1/s1. The second-order valence-corrected chi connectivity index (χ2v) is 9.67. The number of amides is 1. The van der Waals surface area contributed by atoms with E-state index in [4.69, 9.17) is 4.74 Å². The van der Waals surface area contributed by atoms with Crippen molar-refractivity contribution in [2.75, 3.05) is 45.1 Å². The molecule has 144 valence electrons. The van der Waals surface area contributed by atoms with E-state index in [2.05, 4.69) is 4.98 Å². The molecular weight excluding hydrogens is 356 g/mol. The van der Waals surface area contributed by atoms with Crippen LogP contribution in [0, 0.1) is 11.8 Å². The molecule has 9 heteroatoms. The summed E-state index contributed by atoms with van der Waals surface area (Å²) in [5.74, 6) is -0.0479. The van der Waals surface area contributed by atoms with Gasteiger partial charge in [0.25, 0.3) is 0 Å². The lowest BCUT2D eigenvalue weighted by Crippen LogP contribution is -2.45. The van der Waals surface area contributed by atoms with Crippen LogP contribution in [-0.4, -0.2) is 78.2 Å². The molecule has 1 aromatic rings. The summed E-state index contributed by atoms with van der Waals surface area (Å²) in [6, 6.07) is 0. The number of nitrogens with zero attached hydrogens (tertiary/aromatic N) is 4. The number of aromatic nitrogens is 2. The van der Waals surface area contributed by atoms with Gasteiger partial charge in [0, 0.05) is 45.3 Å². The highest BCUT2D eigenvalue weighted by Crippen LogP contribution is 2.37. The first-order chi connectivity index (χ1) is 12.4. The molecule has 0 bridgehead atoms. The fraction of sp³-hybridized carbons (Fsp3) is 0.765. The minimum Gasteiger partial charge on any atom is -0.378 e. The average molecular weight is 382 g/mol. The van der Waals surface area contributed by atoms with E-state index in [0.29, 0.717) is 38.8 Å². The molecule has 2 atom stereocenters. The van der Waals surface area contributed by atoms with E-state index in [-0.39, 0.29) is 30.0 Å². The van der Waals surface area contributed by atoms with E-state index in [1.165, 1.54) is 4.31 Å². The van der Waals surface area contributed by atoms with Gasteiger partial charge in [-0.15, -0.1) is 0 Å². The number of ether oxygens (including phenoxy) is 1. The zero-order valence-electron chi connectivity index (χ0n) is 15.1. The van der Waals surface area contributed by atoms with Gasteiger partial charge in [0.1, 0.15) is 0 Å². The maximum atomic E-state index is 13.1. The van der Waals surface area contributed by atoms with Crippen molar-refractivity contribution in [2.45, 2.75) is 18.8 Å². The van der Waals surface area contributed by atoms with Gasteiger partial charge in [-0.3, -0.25) is 4.79 Å². The van der Waals surface area contributed by atoms with E-state index in [9.17, 15) is 13.2 Å². The summed E-state index contributed by atoms with van der Waals surface area (Å²) in [6.45, 7) is 2.81. The third kappa shape index (κ3) is 3.65. The number of carbonyl (C=O) groups is 1. The van der Waals surface area contributed by atoms with E-state index in [1.807, 2.05) is 17.8 Å². The number of aryl methyl sites for hydroxylation is 1. The zero-order valence-corrected chi connectivity index (χ0v) is 15.9. The van der Waals surface area contributed by atoms with Crippen molar-refractivity contribution in [1.29, 1.82) is 0 Å². The normalized spacial score (nSPS) is 27.8. The molecule has 0 N–H and O–H groups in total. The summed E-state index contributed by atoms with van der Waals surface area (Å²) in [4.78, 5) is 19.3. The van der Waals surface area contributed by atoms with Crippen molar-refractivity contribution >= 4 is 15.9 Å². The van der Waals surface area contributed by atoms with Gasteiger partial charge in [-0.05, 0) is 18.8 Å². The highest BCUT2D eigenvalue weighted by Gasteiger charge is 2.46. The number of sulfonamides is 1. The van der Waals surface area contributed by atoms with Crippen molar-refractivity contribution in [3.63, 3.8) is 0 Å². The Balaban J connectivity index is 1.57. The Labute approximate surface area is 154 Å². The van der Waals surface area contributed by atoms with E-state index < -0.39 is 10.0 Å². The summed E-state index contributed by atoms with van der Waals surface area (Å²) in [5.41, 5.74) is 0.795. The zero-order chi connectivity index (χ0) is 18.3. The summed E-state index contributed by atoms with van der Waals surface area (Å²) in [5, 5.41) is 0. The lowest BCUT2D eigenvalue weighted by molar-refractivity contribution is -0.139. The molecule has 1 amide bonds. The molecule has 0 unspecified atom stereocenters. The molecule has 1 aromatic heterocycles. The molecule has 1 saturated carbocycles. The second-order valence-electron chi connectivity index (χ2n) is 7.65. The van der Waals surface area contributed by atoms with Gasteiger partial charge in [0.2, 0.25) is 15.9 Å². The third-order valence-corrected chi connectivity index (χ3v) is 7.55. The summed E-state index contributed by atoms with van der Waals surface area (Å²) < 4.78 is 34.2. The Kier molecular flexibility index (Phi) is 4.79. The molecule has 4 rings (SSSR count). The molecule has 2 saturated heterocycles. The number of hydrogen-bond donors (Lipinski definition) is 0. The summed E-state index contributed by atoms with van der Waals surface area (Å²) >= 11 is 0. The van der Waals surface area contributed by atoms with Crippen LogP contribution in [0.2, 0.25) is 0 Å². The van der Waals surface area contributed by atoms with Gasteiger partial charge in [-0.2, -0.15) is 0 Å². The highest BCUT2D eigenvalue weighted by molar-refractivity contribution is 7.89. The smallest absolute Gasteiger partial charge is 0.227 e. The molecule has 3 aliphatic rings. The van der Waals surface area contributed by atoms with Crippen molar-refractivity contribution in [3.05, 3.63) is 18.2 Å². The Morgan fingerprint density at radius 2 is 2.00 bits per heavy atom. The fourth-order valence-electron chi connectivity index (χ4n) is 3.88. The Hall–Kier alpha value is -1.45. The molecule has 0 aromatic carbocycles. The van der Waals surface area contributed by atoms with Crippen LogP contribution in [0.25, 0.3) is 0 Å². The summed E-state index contributed by atoms with van der Waals surface area (Å²) in [6.07, 6.45) is 5.58. The first-order valence-electron chi connectivity index (χ1n) is 9.26. The van der Waals surface area contributed by atoms with Gasteiger partial charge in [0.15, 0.2) is 0 Å². The van der Waals surface area contributed by atoms with Crippen LogP contribution in [0.15, 0.2) is 12.5 Å². The number of rotatable bonds is 5. The number of carbonyl (C=O) groups excluding carboxylic acids is 1. The van der Waals surface area contributed by atoms with Gasteiger partial charge in [0.05, 0.1) is 36.9 Å². The lowest BCUT2D eigenvalue weighted by atomic mass is 9.92. The van der Waals surface area contributed by atoms with Gasteiger partial charge >= 0.3 is 0 Å². The molecule has 2 aliphatic heterocycles. The van der Waals surface area contributed by atoms with Crippen LogP contribution in [-0.2, 0) is 26.6 Å². The fourth-order valence-corrected chi connectivity index (χ4v) is 5.79. The minimum absolute atomic E-state index is 0.0214. The first kappa shape index (κ1) is 17.9. The van der Waals surface area contributed by atoms with Crippen molar-refractivity contribution in [3.8, 4) is 0 Å². The van der Waals surface area contributed by atoms with E-state index >= 15 is 0 Å². The van der Waals surface area contributed by atoms with Crippen LogP contribution < -0.4 is 0 Å². The largest absolute Gasteiger partial charge is 0.378 e. The van der Waals surface area contributed by atoms with Crippen LogP contribution in [0.5, 0.6) is 0 Å². The average Bonchev–Trinajstić information content (AvgIpc) is 3.14.